The molecule has 1 fully saturated rings. The molecule has 0 unspecified atom stereocenters. The fourth-order valence-corrected chi connectivity index (χ4v) is 6.32. The zero-order chi connectivity index (χ0) is 33.9. The first-order valence-electron chi connectivity index (χ1n) is 15.6. The van der Waals surface area contributed by atoms with Gasteiger partial charge in [-0.25, -0.2) is 17.6 Å². The van der Waals surface area contributed by atoms with E-state index in [2.05, 4.69) is 11.7 Å². The Hall–Kier alpha value is -3.95. The van der Waals surface area contributed by atoms with Crippen LogP contribution in [0.1, 0.15) is 80.9 Å². The summed E-state index contributed by atoms with van der Waals surface area (Å²) in [4.78, 5) is 0. The van der Waals surface area contributed by atoms with Crippen molar-refractivity contribution in [1.29, 1.82) is 0 Å². The predicted molar refractivity (Wildman–Crippen MR) is 162 cm³/mol. The Bertz CT molecular complexity index is 1660. The zero-order valence-corrected chi connectivity index (χ0v) is 25.5. The van der Waals surface area contributed by atoms with Crippen molar-refractivity contribution in [3.8, 4) is 28.0 Å². The first-order valence-corrected chi connectivity index (χ1v) is 15.6. The van der Waals surface area contributed by atoms with E-state index in [4.69, 9.17) is 0 Å². The zero-order valence-electron chi connectivity index (χ0n) is 25.5. The third-order valence-electron chi connectivity index (χ3n) is 8.88. The lowest BCUT2D eigenvalue weighted by molar-refractivity contribution is -0.189. The third-order valence-corrected chi connectivity index (χ3v) is 8.88. The molecule has 1 nitrogen and oxygen atoms in total. The van der Waals surface area contributed by atoms with Crippen molar-refractivity contribution in [2.24, 2.45) is 5.92 Å². The summed E-state index contributed by atoms with van der Waals surface area (Å²) in [7, 11) is 0. The molecule has 1 aliphatic rings. The average molecular weight is 665 g/mol. The quantitative estimate of drug-likeness (QED) is 0.121. The standard InChI is InChI=1S/C37H33F9O/c1-2-3-4-5-22-6-8-23(9-7-22)25-12-16-30(31(38)18-25)26-19-33(40)35(34(41)20-26)37(45,46)47-28-15-17-29(32(39)21-28)24-10-13-27(14-11-24)36(42,43)44/h10-23H,2-9H2,1H3. The summed E-state index contributed by atoms with van der Waals surface area (Å²) in [5.41, 5.74) is -2.53. The second-order valence-electron chi connectivity index (χ2n) is 12.1. The van der Waals surface area contributed by atoms with Gasteiger partial charge in [0.2, 0.25) is 0 Å². The minimum absolute atomic E-state index is 0.0342. The van der Waals surface area contributed by atoms with Crippen LogP contribution in [-0.4, -0.2) is 0 Å². The lowest BCUT2D eigenvalue weighted by atomic mass is 9.77. The number of rotatable bonds is 10. The lowest BCUT2D eigenvalue weighted by Gasteiger charge is -2.29. The van der Waals surface area contributed by atoms with Crippen LogP contribution >= 0.6 is 0 Å². The molecule has 0 N–H and O–H groups in total. The van der Waals surface area contributed by atoms with E-state index < -0.39 is 52.4 Å². The number of hydrogen-bond donors (Lipinski definition) is 0. The summed E-state index contributed by atoms with van der Waals surface area (Å²) in [5.74, 6) is -5.20. The molecule has 10 heteroatoms. The maximum atomic E-state index is 15.2. The van der Waals surface area contributed by atoms with Gasteiger partial charge in [0.15, 0.2) is 0 Å². The van der Waals surface area contributed by atoms with Gasteiger partial charge in [-0.2, -0.15) is 22.0 Å². The molecule has 250 valence electrons. The second-order valence-corrected chi connectivity index (χ2v) is 12.1. The summed E-state index contributed by atoms with van der Waals surface area (Å²) < 4.78 is 133. The molecular formula is C37H33F9O. The van der Waals surface area contributed by atoms with Crippen LogP contribution in [0.3, 0.4) is 0 Å². The summed E-state index contributed by atoms with van der Waals surface area (Å²) in [6, 6.07) is 11.5. The summed E-state index contributed by atoms with van der Waals surface area (Å²) in [6.07, 6.45) is -0.466. The van der Waals surface area contributed by atoms with Crippen molar-refractivity contribution < 1.29 is 44.3 Å². The highest BCUT2D eigenvalue weighted by atomic mass is 19.4. The molecule has 1 saturated carbocycles. The molecule has 4 aromatic rings. The van der Waals surface area contributed by atoms with Crippen LogP contribution < -0.4 is 4.74 Å². The molecule has 1 aliphatic carbocycles. The normalized spacial score (nSPS) is 17.1. The van der Waals surface area contributed by atoms with Crippen LogP contribution in [0, 0.1) is 29.2 Å². The molecular weight excluding hydrogens is 631 g/mol. The maximum Gasteiger partial charge on any atom is 0.432 e. The molecule has 0 amide bonds. The second kappa shape index (κ2) is 14.0. The molecule has 4 aromatic carbocycles. The Kier molecular flexibility index (Phi) is 10.3. The largest absolute Gasteiger partial charge is 0.432 e. The van der Waals surface area contributed by atoms with E-state index in [1.807, 2.05) is 0 Å². The number of halogens is 9. The Labute approximate surface area is 267 Å². The first kappa shape index (κ1) is 34.4. The maximum absolute atomic E-state index is 15.2. The molecule has 0 aliphatic heterocycles. The van der Waals surface area contributed by atoms with Crippen molar-refractivity contribution in [3.05, 3.63) is 113 Å². The van der Waals surface area contributed by atoms with Gasteiger partial charge in [-0.05, 0) is 96.7 Å². The van der Waals surface area contributed by atoms with E-state index in [-0.39, 0.29) is 28.2 Å². The monoisotopic (exact) mass is 664 g/mol. The highest BCUT2D eigenvalue weighted by Gasteiger charge is 2.41. The van der Waals surface area contributed by atoms with Crippen molar-refractivity contribution in [3.63, 3.8) is 0 Å². The molecule has 0 bridgehead atoms. The first-order chi connectivity index (χ1) is 22.3. The molecule has 0 aromatic heterocycles. The Morgan fingerprint density at radius 1 is 0.638 bits per heavy atom. The number of unbranched alkanes of at least 4 members (excludes halogenated alkanes) is 2. The van der Waals surface area contributed by atoms with Gasteiger partial charge < -0.3 is 4.74 Å². The predicted octanol–water partition coefficient (Wildman–Crippen LogP) is 12.6. The van der Waals surface area contributed by atoms with E-state index in [0.29, 0.717) is 24.1 Å². The fraction of sp³-hybridized carbons (Fsp3) is 0.351. The molecule has 0 saturated heterocycles. The number of ether oxygens (including phenoxy) is 1. The van der Waals surface area contributed by atoms with Gasteiger partial charge in [0.1, 0.15) is 34.6 Å². The van der Waals surface area contributed by atoms with Crippen LogP contribution in [0.2, 0.25) is 0 Å². The summed E-state index contributed by atoms with van der Waals surface area (Å²) in [6.45, 7) is 2.17. The van der Waals surface area contributed by atoms with Crippen LogP contribution in [0.5, 0.6) is 5.75 Å². The molecule has 0 heterocycles. The fourth-order valence-electron chi connectivity index (χ4n) is 6.32. The summed E-state index contributed by atoms with van der Waals surface area (Å²) >= 11 is 0. The van der Waals surface area contributed by atoms with Crippen LogP contribution in [0.15, 0.2) is 72.8 Å². The summed E-state index contributed by atoms with van der Waals surface area (Å²) in [5, 5.41) is 0. The van der Waals surface area contributed by atoms with Gasteiger partial charge in [-0.3, -0.25) is 0 Å². The highest BCUT2D eigenvalue weighted by Crippen LogP contribution is 2.41. The van der Waals surface area contributed by atoms with Crippen LogP contribution in [-0.2, 0) is 12.3 Å². The number of benzene rings is 4. The van der Waals surface area contributed by atoms with E-state index in [9.17, 15) is 17.6 Å². The van der Waals surface area contributed by atoms with Crippen molar-refractivity contribution in [1.82, 2.24) is 0 Å². The molecule has 5 rings (SSSR count). The SMILES string of the molecule is CCCCCC1CCC(c2ccc(-c3cc(F)c(C(F)(F)Oc4ccc(-c5ccc(C(F)(F)F)cc5)c(F)c4)c(F)c3)c(F)c2)CC1. The van der Waals surface area contributed by atoms with Gasteiger partial charge in [0.25, 0.3) is 0 Å². The molecule has 0 atom stereocenters. The number of alkyl halides is 5. The van der Waals surface area contributed by atoms with E-state index in [1.54, 1.807) is 6.07 Å². The molecule has 0 spiro atoms. The number of hydrogen-bond acceptors (Lipinski definition) is 1. The minimum atomic E-state index is -4.60. The van der Waals surface area contributed by atoms with Gasteiger partial charge in [-0.1, -0.05) is 56.9 Å². The van der Waals surface area contributed by atoms with Crippen LogP contribution in [0.25, 0.3) is 22.3 Å². The Balaban J connectivity index is 1.29. The van der Waals surface area contributed by atoms with E-state index in [1.165, 1.54) is 37.8 Å². The van der Waals surface area contributed by atoms with Crippen molar-refractivity contribution in [2.45, 2.75) is 76.5 Å². The van der Waals surface area contributed by atoms with Crippen molar-refractivity contribution in [2.75, 3.05) is 0 Å². The van der Waals surface area contributed by atoms with Gasteiger partial charge >= 0.3 is 12.3 Å². The minimum Gasteiger partial charge on any atom is -0.429 e. The van der Waals surface area contributed by atoms with Gasteiger partial charge in [-0.15, -0.1) is 0 Å². The molecule has 47 heavy (non-hydrogen) atoms. The lowest BCUT2D eigenvalue weighted by Crippen LogP contribution is -2.25. The third kappa shape index (κ3) is 7.96. The topological polar surface area (TPSA) is 9.23 Å². The Morgan fingerprint density at radius 2 is 1.23 bits per heavy atom. The average Bonchev–Trinajstić information content (AvgIpc) is 3.00. The van der Waals surface area contributed by atoms with E-state index in [0.717, 1.165) is 67.6 Å². The van der Waals surface area contributed by atoms with Gasteiger partial charge in [0, 0.05) is 17.2 Å². The highest BCUT2D eigenvalue weighted by molar-refractivity contribution is 5.66. The smallest absolute Gasteiger partial charge is 0.429 e. The van der Waals surface area contributed by atoms with E-state index >= 15 is 22.0 Å². The Morgan fingerprint density at radius 3 is 1.81 bits per heavy atom. The molecule has 0 radical (unpaired) electrons. The van der Waals surface area contributed by atoms with Crippen LogP contribution in [0.4, 0.5) is 39.5 Å². The van der Waals surface area contributed by atoms with Crippen molar-refractivity contribution >= 4 is 0 Å². The van der Waals surface area contributed by atoms with Gasteiger partial charge in [0.05, 0.1) is 5.56 Å².